The number of fused-ring (bicyclic) bond motifs is 1. The molecule has 0 spiro atoms. The van der Waals surface area contributed by atoms with Crippen molar-refractivity contribution in [3.8, 4) is 0 Å². The summed E-state index contributed by atoms with van der Waals surface area (Å²) in [4.78, 5) is 7.40. The number of aromatic nitrogens is 2. The molecule has 20 heavy (non-hydrogen) atoms. The average Bonchev–Trinajstić information content (AvgIpc) is 2.43. The molecule has 0 unspecified atom stereocenters. The number of anilines is 2. The minimum atomic E-state index is -0.551. The van der Waals surface area contributed by atoms with Gasteiger partial charge in [-0.15, -0.1) is 0 Å². The molecule has 1 aromatic heterocycles. The molecular formula is C14H8BrClFN3. The molecule has 0 aliphatic carbocycles. The van der Waals surface area contributed by atoms with E-state index in [4.69, 9.17) is 11.6 Å². The van der Waals surface area contributed by atoms with Crippen LogP contribution in [0.5, 0.6) is 0 Å². The molecule has 2 aromatic carbocycles. The smallest absolute Gasteiger partial charge is 0.224 e. The molecule has 1 heterocycles. The van der Waals surface area contributed by atoms with Crippen molar-refractivity contribution in [2.75, 3.05) is 5.32 Å². The van der Waals surface area contributed by atoms with E-state index in [9.17, 15) is 4.39 Å². The molecule has 3 aromatic rings. The van der Waals surface area contributed by atoms with Crippen molar-refractivity contribution in [3.63, 3.8) is 0 Å². The van der Waals surface area contributed by atoms with Crippen LogP contribution in [0.1, 0.15) is 0 Å². The third kappa shape index (κ3) is 2.73. The largest absolute Gasteiger partial charge is 0.338 e. The van der Waals surface area contributed by atoms with Crippen molar-refractivity contribution in [3.05, 3.63) is 58.2 Å². The van der Waals surface area contributed by atoms with Gasteiger partial charge >= 0.3 is 0 Å². The van der Waals surface area contributed by atoms with E-state index in [1.807, 2.05) is 36.4 Å². The van der Waals surface area contributed by atoms with Crippen molar-refractivity contribution in [2.24, 2.45) is 0 Å². The summed E-state index contributed by atoms with van der Waals surface area (Å²) in [7, 11) is 0. The molecule has 0 saturated heterocycles. The molecule has 0 amide bonds. The Balaban J connectivity index is 1.98. The van der Waals surface area contributed by atoms with Crippen LogP contribution in [0.2, 0.25) is 5.28 Å². The zero-order chi connectivity index (χ0) is 14.1. The van der Waals surface area contributed by atoms with Gasteiger partial charge in [0.05, 0.1) is 6.20 Å². The van der Waals surface area contributed by atoms with E-state index in [0.29, 0.717) is 0 Å². The number of hydrogen-bond acceptors (Lipinski definition) is 3. The van der Waals surface area contributed by atoms with Crippen LogP contribution in [0.3, 0.4) is 0 Å². The first-order valence-corrected chi connectivity index (χ1v) is 6.93. The maximum absolute atomic E-state index is 13.6. The highest BCUT2D eigenvalue weighted by molar-refractivity contribution is 9.10. The standard InChI is InChI=1S/C14H8BrClFN3/c15-10-3-1-9-6-11(4-2-8(9)5-10)19-13-12(17)7-18-14(16)20-13/h1-7H,(H,18,19,20). The SMILES string of the molecule is Fc1cnc(Cl)nc1Nc1ccc2cc(Br)ccc2c1. The minimum Gasteiger partial charge on any atom is -0.338 e. The normalized spacial score (nSPS) is 10.8. The van der Waals surface area contributed by atoms with Crippen LogP contribution in [0.25, 0.3) is 10.8 Å². The van der Waals surface area contributed by atoms with Crippen molar-refractivity contribution >= 4 is 49.8 Å². The second-order valence-corrected chi connectivity index (χ2v) is 5.42. The van der Waals surface area contributed by atoms with Crippen LogP contribution in [0, 0.1) is 5.82 Å². The fourth-order valence-corrected chi connectivity index (χ4v) is 2.38. The number of rotatable bonds is 2. The number of benzene rings is 2. The van der Waals surface area contributed by atoms with Gasteiger partial charge in [0.2, 0.25) is 5.28 Å². The van der Waals surface area contributed by atoms with Crippen LogP contribution in [0.15, 0.2) is 47.1 Å². The monoisotopic (exact) mass is 351 g/mol. The zero-order valence-electron chi connectivity index (χ0n) is 10.1. The lowest BCUT2D eigenvalue weighted by Gasteiger charge is -2.08. The molecule has 100 valence electrons. The summed E-state index contributed by atoms with van der Waals surface area (Å²) in [6.45, 7) is 0. The Morgan fingerprint density at radius 2 is 1.85 bits per heavy atom. The van der Waals surface area contributed by atoms with Crippen LogP contribution in [-0.4, -0.2) is 9.97 Å². The lowest BCUT2D eigenvalue weighted by Crippen LogP contribution is -1.98. The van der Waals surface area contributed by atoms with Crippen LogP contribution in [0.4, 0.5) is 15.9 Å². The fraction of sp³-hybridized carbons (Fsp3) is 0. The maximum Gasteiger partial charge on any atom is 0.224 e. The molecular weight excluding hydrogens is 345 g/mol. The van der Waals surface area contributed by atoms with Crippen LogP contribution < -0.4 is 5.32 Å². The van der Waals surface area contributed by atoms with Crippen molar-refractivity contribution in [2.45, 2.75) is 0 Å². The van der Waals surface area contributed by atoms with Crippen molar-refractivity contribution in [1.29, 1.82) is 0 Å². The van der Waals surface area contributed by atoms with Crippen LogP contribution in [-0.2, 0) is 0 Å². The number of nitrogens with zero attached hydrogens (tertiary/aromatic N) is 2. The number of nitrogens with one attached hydrogen (secondary N) is 1. The van der Waals surface area contributed by atoms with Gasteiger partial charge in [0.1, 0.15) is 0 Å². The second-order valence-electron chi connectivity index (χ2n) is 4.17. The topological polar surface area (TPSA) is 37.8 Å². The van der Waals surface area contributed by atoms with Gasteiger partial charge in [-0.3, -0.25) is 0 Å². The Kier molecular flexibility index (Phi) is 3.54. The molecule has 1 N–H and O–H groups in total. The summed E-state index contributed by atoms with van der Waals surface area (Å²) in [5, 5.41) is 5.03. The Labute approximate surface area is 127 Å². The highest BCUT2D eigenvalue weighted by atomic mass is 79.9. The molecule has 0 saturated carbocycles. The van der Waals surface area contributed by atoms with Gasteiger partial charge in [0.15, 0.2) is 11.6 Å². The Morgan fingerprint density at radius 1 is 1.10 bits per heavy atom. The molecule has 0 fully saturated rings. The van der Waals surface area contributed by atoms with Gasteiger partial charge < -0.3 is 5.32 Å². The predicted octanol–water partition coefficient (Wildman–Crippen LogP) is 4.93. The highest BCUT2D eigenvalue weighted by Gasteiger charge is 2.06. The molecule has 3 nitrogen and oxygen atoms in total. The zero-order valence-corrected chi connectivity index (χ0v) is 12.4. The van der Waals surface area contributed by atoms with Gasteiger partial charge in [-0.2, -0.15) is 4.98 Å². The molecule has 0 bridgehead atoms. The van der Waals surface area contributed by atoms with E-state index in [2.05, 4.69) is 31.2 Å². The van der Waals surface area contributed by atoms with Gasteiger partial charge in [-0.1, -0.05) is 28.1 Å². The molecule has 6 heteroatoms. The highest BCUT2D eigenvalue weighted by Crippen LogP contribution is 2.25. The third-order valence-corrected chi connectivity index (χ3v) is 3.46. The van der Waals surface area contributed by atoms with Gasteiger partial charge in [-0.05, 0) is 46.6 Å². The predicted molar refractivity (Wildman–Crippen MR) is 81.9 cm³/mol. The van der Waals surface area contributed by atoms with Gasteiger partial charge in [-0.25, -0.2) is 9.37 Å². The van der Waals surface area contributed by atoms with Crippen molar-refractivity contribution in [1.82, 2.24) is 9.97 Å². The summed E-state index contributed by atoms with van der Waals surface area (Å²) in [6, 6.07) is 11.7. The maximum atomic E-state index is 13.6. The molecule has 3 rings (SSSR count). The van der Waals surface area contributed by atoms with E-state index in [1.165, 1.54) is 0 Å². The summed E-state index contributed by atoms with van der Waals surface area (Å²) in [6.07, 6.45) is 1.04. The molecule has 0 aliphatic heterocycles. The lowest BCUT2D eigenvalue weighted by atomic mass is 10.1. The number of halogens is 3. The third-order valence-electron chi connectivity index (χ3n) is 2.78. The Morgan fingerprint density at radius 3 is 2.70 bits per heavy atom. The molecule has 0 radical (unpaired) electrons. The first-order chi connectivity index (χ1) is 9.61. The summed E-state index contributed by atoms with van der Waals surface area (Å²) < 4.78 is 14.6. The lowest BCUT2D eigenvalue weighted by molar-refractivity contribution is 0.619. The number of hydrogen-bond donors (Lipinski definition) is 1. The first-order valence-electron chi connectivity index (χ1n) is 5.76. The van der Waals surface area contributed by atoms with Gasteiger partial charge in [0.25, 0.3) is 0 Å². The average molecular weight is 353 g/mol. The van der Waals surface area contributed by atoms with E-state index >= 15 is 0 Å². The van der Waals surface area contributed by atoms with E-state index in [-0.39, 0.29) is 11.1 Å². The minimum absolute atomic E-state index is 0.00128. The van der Waals surface area contributed by atoms with E-state index in [0.717, 1.165) is 27.1 Å². The second kappa shape index (κ2) is 5.34. The fourth-order valence-electron chi connectivity index (χ4n) is 1.86. The summed E-state index contributed by atoms with van der Waals surface area (Å²) in [5.74, 6) is -0.494. The molecule has 0 aliphatic rings. The molecule has 0 atom stereocenters. The van der Waals surface area contributed by atoms with E-state index in [1.54, 1.807) is 0 Å². The van der Waals surface area contributed by atoms with Crippen molar-refractivity contribution < 1.29 is 4.39 Å². The summed E-state index contributed by atoms with van der Waals surface area (Å²) >= 11 is 9.09. The van der Waals surface area contributed by atoms with E-state index < -0.39 is 5.82 Å². The Bertz CT molecular complexity index is 794. The quantitative estimate of drug-likeness (QED) is 0.665. The first kappa shape index (κ1) is 13.3. The summed E-state index contributed by atoms with van der Waals surface area (Å²) in [5.41, 5.74) is 0.730. The van der Waals surface area contributed by atoms with Gasteiger partial charge in [0, 0.05) is 10.2 Å². The van der Waals surface area contributed by atoms with Crippen LogP contribution >= 0.6 is 27.5 Å². The Hall–Kier alpha value is -1.72.